The molecule has 174 valence electrons. The Hall–Kier alpha value is -2.56. The van der Waals surface area contributed by atoms with Gasteiger partial charge in [-0.1, -0.05) is 24.3 Å². The summed E-state index contributed by atoms with van der Waals surface area (Å²) >= 11 is 0. The number of amides is 1. The van der Waals surface area contributed by atoms with Crippen LogP contribution >= 0.6 is 24.0 Å². The van der Waals surface area contributed by atoms with E-state index in [0.717, 1.165) is 37.5 Å². The molecule has 0 aromatic heterocycles. The molecule has 1 unspecified atom stereocenters. The summed E-state index contributed by atoms with van der Waals surface area (Å²) in [5, 5.41) is 9.41. The minimum atomic E-state index is -0.528. The van der Waals surface area contributed by atoms with Crippen LogP contribution < -0.4 is 25.6 Å². The molecule has 3 N–H and O–H groups in total. The van der Waals surface area contributed by atoms with E-state index in [1.165, 1.54) is 12.1 Å². The maximum atomic E-state index is 13.7. The van der Waals surface area contributed by atoms with Crippen molar-refractivity contribution >= 4 is 41.5 Å². The normalized spacial score (nSPS) is 15.7. The van der Waals surface area contributed by atoms with E-state index in [1.54, 1.807) is 19.2 Å². The third-order valence-electron chi connectivity index (χ3n) is 5.08. The van der Waals surface area contributed by atoms with Crippen LogP contribution in [0.2, 0.25) is 0 Å². The van der Waals surface area contributed by atoms with Gasteiger partial charge in [0, 0.05) is 32.2 Å². The number of rotatable bonds is 8. The molecular formula is C23H31FIN5O2. The number of halogens is 2. The fraction of sp³-hybridized carbons (Fsp3) is 0.391. The summed E-state index contributed by atoms with van der Waals surface area (Å²) in [5.41, 5.74) is 1.13. The number of nitrogens with one attached hydrogen (secondary N) is 3. The van der Waals surface area contributed by atoms with E-state index in [-0.39, 0.29) is 35.6 Å². The summed E-state index contributed by atoms with van der Waals surface area (Å²) in [5.74, 6) is 0.609. The Morgan fingerprint density at radius 3 is 2.69 bits per heavy atom. The van der Waals surface area contributed by atoms with Crippen LogP contribution in [0.3, 0.4) is 0 Å². The van der Waals surface area contributed by atoms with Crippen molar-refractivity contribution in [2.75, 3.05) is 44.7 Å². The van der Waals surface area contributed by atoms with E-state index >= 15 is 0 Å². The average molecular weight is 555 g/mol. The summed E-state index contributed by atoms with van der Waals surface area (Å²) in [4.78, 5) is 18.9. The van der Waals surface area contributed by atoms with Gasteiger partial charge in [-0.3, -0.25) is 9.79 Å². The monoisotopic (exact) mass is 555 g/mol. The molecule has 7 nitrogen and oxygen atoms in total. The minimum Gasteiger partial charge on any atom is -0.495 e. The lowest BCUT2D eigenvalue weighted by Crippen LogP contribution is -2.45. The van der Waals surface area contributed by atoms with Gasteiger partial charge < -0.3 is 25.6 Å². The smallest absolute Gasteiger partial charge is 0.254 e. The molecule has 1 aliphatic heterocycles. The number of anilines is 1. The van der Waals surface area contributed by atoms with Crippen LogP contribution in [0.5, 0.6) is 5.75 Å². The predicted octanol–water partition coefficient (Wildman–Crippen LogP) is 3.02. The van der Waals surface area contributed by atoms with Gasteiger partial charge in [0.1, 0.15) is 11.6 Å². The van der Waals surface area contributed by atoms with Crippen LogP contribution in [0, 0.1) is 5.82 Å². The molecule has 2 aromatic rings. The lowest BCUT2D eigenvalue weighted by atomic mass is 10.2. The zero-order valence-corrected chi connectivity index (χ0v) is 20.8. The van der Waals surface area contributed by atoms with Crippen molar-refractivity contribution in [1.82, 2.24) is 16.0 Å². The number of aliphatic imine (C=N–C) groups is 1. The van der Waals surface area contributed by atoms with E-state index in [9.17, 15) is 9.18 Å². The molecule has 0 spiro atoms. The van der Waals surface area contributed by atoms with E-state index in [0.29, 0.717) is 19.0 Å². The summed E-state index contributed by atoms with van der Waals surface area (Å²) in [6.45, 7) is 5.22. The number of guanidine groups is 1. The van der Waals surface area contributed by atoms with Crippen LogP contribution in [0.1, 0.15) is 23.7 Å². The number of nitrogens with zero attached hydrogens (tertiary/aromatic N) is 2. The Bertz CT molecular complexity index is 911. The summed E-state index contributed by atoms with van der Waals surface area (Å²) in [6, 6.07) is 14.2. The number of methoxy groups -OCH3 is 1. The molecule has 0 bridgehead atoms. The fourth-order valence-electron chi connectivity index (χ4n) is 3.58. The fourth-order valence-corrected chi connectivity index (χ4v) is 3.58. The predicted molar refractivity (Wildman–Crippen MR) is 137 cm³/mol. The number of carbonyl (C=O) groups is 1. The molecule has 1 fully saturated rings. The van der Waals surface area contributed by atoms with Gasteiger partial charge in [-0.05, 0) is 37.6 Å². The highest BCUT2D eigenvalue weighted by Crippen LogP contribution is 2.30. The largest absolute Gasteiger partial charge is 0.495 e. The Kier molecular flexibility index (Phi) is 10.5. The molecule has 1 heterocycles. The van der Waals surface area contributed by atoms with Gasteiger partial charge in [0.25, 0.3) is 5.91 Å². The van der Waals surface area contributed by atoms with Crippen LogP contribution in [0.25, 0.3) is 0 Å². The molecule has 2 aromatic carbocycles. The summed E-state index contributed by atoms with van der Waals surface area (Å²) in [7, 11) is 1.69. The molecule has 1 atom stereocenters. The Morgan fingerprint density at radius 1 is 1.19 bits per heavy atom. The molecule has 1 amide bonds. The van der Waals surface area contributed by atoms with Gasteiger partial charge in [-0.2, -0.15) is 0 Å². The number of benzene rings is 2. The van der Waals surface area contributed by atoms with Gasteiger partial charge in [0.2, 0.25) is 0 Å². The topological polar surface area (TPSA) is 78.0 Å². The molecule has 1 saturated heterocycles. The summed E-state index contributed by atoms with van der Waals surface area (Å²) in [6.07, 6.45) is 0.979. The highest BCUT2D eigenvalue weighted by molar-refractivity contribution is 14.0. The van der Waals surface area contributed by atoms with Crippen LogP contribution in [-0.4, -0.2) is 57.7 Å². The molecule has 0 radical (unpaired) electrons. The maximum absolute atomic E-state index is 13.7. The Labute approximate surface area is 205 Å². The quantitative estimate of drug-likeness (QED) is 0.202. The van der Waals surface area contributed by atoms with Crippen molar-refractivity contribution in [2.24, 2.45) is 4.99 Å². The van der Waals surface area contributed by atoms with Gasteiger partial charge in [0.05, 0.1) is 24.9 Å². The lowest BCUT2D eigenvalue weighted by molar-refractivity contribution is 0.0951. The number of para-hydroxylation sites is 2. The number of hydrogen-bond acceptors (Lipinski definition) is 4. The minimum absolute atomic E-state index is 0. The van der Waals surface area contributed by atoms with E-state index in [2.05, 4.69) is 31.9 Å². The number of hydrogen-bond donors (Lipinski definition) is 3. The second-order valence-electron chi connectivity index (χ2n) is 7.24. The Balaban J connectivity index is 0.00000363. The van der Waals surface area contributed by atoms with Crippen molar-refractivity contribution in [1.29, 1.82) is 0 Å². The number of ether oxygens (including phenoxy) is 1. The van der Waals surface area contributed by atoms with Crippen molar-refractivity contribution in [3.8, 4) is 5.75 Å². The standard InChI is InChI=1S/C23H30FN5O2.HI/c1-3-25-23(27-14-13-26-22(30)18-8-4-5-9-19(18)24)28-17-12-15-29(16-17)20-10-6-7-11-21(20)31-2;/h4-11,17H,3,12-16H2,1-2H3,(H,26,30)(H2,25,27,28);1H. The van der Waals surface area contributed by atoms with Crippen LogP contribution in [-0.2, 0) is 0 Å². The first-order valence-corrected chi connectivity index (χ1v) is 10.6. The summed E-state index contributed by atoms with van der Waals surface area (Å²) < 4.78 is 19.2. The van der Waals surface area contributed by atoms with Gasteiger partial charge >= 0.3 is 0 Å². The first-order chi connectivity index (χ1) is 15.1. The van der Waals surface area contributed by atoms with Crippen LogP contribution in [0.4, 0.5) is 10.1 Å². The highest BCUT2D eigenvalue weighted by atomic mass is 127. The highest BCUT2D eigenvalue weighted by Gasteiger charge is 2.25. The molecule has 32 heavy (non-hydrogen) atoms. The molecule has 9 heteroatoms. The van der Waals surface area contributed by atoms with Crippen molar-refractivity contribution in [3.05, 3.63) is 59.9 Å². The second-order valence-corrected chi connectivity index (χ2v) is 7.24. The first-order valence-electron chi connectivity index (χ1n) is 10.6. The second kappa shape index (κ2) is 13.1. The third kappa shape index (κ3) is 6.98. The van der Waals surface area contributed by atoms with E-state index < -0.39 is 11.7 Å². The molecular weight excluding hydrogens is 524 g/mol. The third-order valence-corrected chi connectivity index (χ3v) is 5.08. The molecule has 0 aliphatic carbocycles. The zero-order valence-electron chi connectivity index (χ0n) is 18.4. The van der Waals surface area contributed by atoms with E-state index in [1.807, 2.05) is 25.1 Å². The molecule has 3 rings (SSSR count). The SMILES string of the molecule is CCNC(=NCCNC(=O)c1ccccc1F)NC1CCN(c2ccccc2OC)C1.I. The van der Waals surface area contributed by atoms with Crippen molar-refractivity contribution < 1.29 is 13.9 Å². The van der Waals surface area contributed by atoms with Crippen molar-refractivity contribution in [3.63, 3.8) is 0 Å². The van der Waals surface area contributed by atoms with Crippen LogP contribution in [0.15, 0.2) is 53.5 Å². The van der Waals surface area contributed by atoms with Gasteiger partial charge in [0.15, 0.2) is 5.96 Å². The van der Waals surface area contributed by atoms with Crippen molar-refractivity contribution in [2.45, 2.75) is 19.4 Å². The number of carbonyl (C=O) groups excluding carboxylic acids is 1. The maximum Gasteiger partial charge on any atom is 0.254 e. The van der Waals surface area contributed by atoms with Gasteiger partial charge in [-0.25, -0.2) is 4.39 Å². The van der Waals surface area contributed by atoms with Gasteiger partial charge in [-0.15, -0.1) is 24.0 Å². The Morgan fingerprint density at radius 2 is 1.94 bits per heavy atom. The lowest BCUT2D eigenvalue weighted by Gasteiger charge is -2.22. The molecule has 0 saturated carbocycles. The van der Waals surface area contributed by atoms with E-state index in [4.69, 9.17) is 4.74 Å². The molecule has 1 aliphatic rings. The average Bonchev–Trinajstić information content (AvgIpc) is 3.25. The zero-order chi connectivity index (χ0) is 22.1. The first kappa shape index (κ1) is 25.7.